The molecule has 0 spiro atoms. The number of oxazole rings is 1. The molecule has 0 bridgehead atoms. The number of anilines is 1. The molecule has 0 aliphatic heterocycles. The zero-order valence-corrected chi connectivity index (χ0v) is 13.0. The summed E-state index contributed by atoms with van der Waals surface area (Å²) in [6.07, 6.45) is 0. The van der Waals surface area contributed by atoms with E-state index in [0.29, 0.717) is 21.7 Å². The van der Waals surface area contributed by atoms with Gasteiger partial charge in [0.1, 0.15) is 11.5 Å². The summed E-state index contributed by atoms with van der Waals surface area (Å²) in [6, 6.07) is 8.49. The number of benzene rings is 1. The highest BCUT2D eigenvalue weighted by molar-refractivity contribution is 7.14. The molecular weight excluding hydrogens is 318 g/mol. The van der Waals surface area contributed by atoms with E-state index >= 15 is 0 Å². The molecule has 0 fully saturated rings. The van der Waals surface area contributed by atoms with E-state index in [9.17, 15) is 14.4 Å². The van der Waals surface area contributed by atoms with Crippen molar-refractivity contribution >= 4 is 39.3 Å². The van der Waals surface area contributed by atoms with E-state index in [0.717, 1.165) is 0 Å². The van der Waals surface area contributed by atoms with E-state index in [1.807, 2.05) is 0 Å². The van der Waals surface area contributed by atoms with Crippen molar-refractivity contribution < 1.29 is 14.0 Å². The van der Waals surface area contributed by atoms with Gasteiger partial charge in [-0.15, -0.1) is 11.3 Å². The van der Waals surface area contributed by atoms with E-state index in [4.69, 9.17) is 4.42 Å². The molecule has 0 unspecified atom stereocenters. The molecule has 1 aromatic carbocycles. The number of carbonyl (C=O) groups is 2. The third-order valence-corrected chi connectivity index (χ3v) is 4.10. The van der Waals surface area contributed by atoms with Crippen LogP contribution in [-0.2, 0) is 11.3 Å². The van der Waals surface area contributed by atoms with Crippen molar-refractivity contribution in [3.63, 3.8) is 0 Å². The lowest BCUT2D eigenvalue weighted by Crippen LogP contribution is -2.26. The summed E-state index contributed by atoms with van der Waals surface area (Å²) < 4.78 is 6.33. The van der Waals surface area contributed by atoms with E-state index in [1.165, 1.54) is 23.0 Å². The number of fused-ring (bicyclic) bond motifs is 1. The van der Waals surface area contributed by atoms with E-state index in [-0.39, 0.29) is 12.5 Å². The molecule has 118 valence electrons. The van der Waals surface area contributed by atoms with Gasteiger partial charge >= 0.3 is 5.76 Å². The molecule has 2 heterocycles. The minimum Gasteiger partial charge on any atom is -0.408 e. The lowest BCUT2D eigenvalue weighted by molar-refractivity contribution is -0.116. The van der Waals surface area contributed by atoms with E-state index < -0.39 is 11.7 Å². The van der Waals surface area contributed by atoms with Crippen LogP contribution >= 0.6 is 11.3 Å². The molecule has 0 aliphatic carbocycles. The van der Waals surface area contributed by atoms with Crippen molar-refractivity contribution in [1.82, 2.24) is 9.88 Å². The first kappa shape index (κ1) is 15.0. The Hall–Kier alpha value is -2.87. The van der Waals surface area contributed by atoms with Crippen LogP contribution in [0.2, 0.25) is 0 Å². The average molecular weight is 331 g/mol. The molecule has 7 nitrogen and oxygen atoms in total. The quantitative estimate of drug-likeness (QED) is 0.760. The minimum absolute atomic E-state index is 0.194. The zero-order valence-electron chi connectivity index (χ0n) is 12.2. The maximum absolute atomic E-state index is 12.2. The highest BCUT2D eigenvalue weighted by Crippen LogP contribution is 2.23. The Balaban J connectivity index is 1.82. The van der Waals surface area contributed by atoms with Crippen LogP contribution in [0.5, 0.6) is 0 Å². The highest BCUT2D eigenvalue weighted by atomic mass is 32.1. The van der Waals surface area contributed by atoms with E-state index in [1.54, 1.807) is 35.7 Å². The van der Waals surface area contributed by atoms with E-state index in [2.05, 4.69) is 10.6 Å². The van der Waals surface area contributed by atoms with Crippen molar-refractivity contribution in [2.75, 3.05) is 12.4 Å². The van der Waals surface area contributed by atoms with Gasteiger partial charge in [-0.25, -0.2) is 4.79 Å². The Labute approximate surface area is 134 Å². The summed E-state index contributed by atoms with van der Waals surface area (Å²) in [5.74, 6) is -1.29. The van der Waals surface area contributed by atoms with Crippen molar-refractivity contribution in [2.24, 2.45) is 0 Å². The summed E-state index contributed by atoms with van der Waals surface area (Å²) >= 11 is 1.24. The number of hydrogen-bond acceptors (Lipinski definition) is 5. The fraction of sp³-hybridized carbons (Fsp3) is 0.133. The fourth-order valence-electron chi connectivity index (χ4n) is 2.19. The Morgan fingerprint density at radius 1 is 1.26 bits per heavy atom. The predicted octanol–water partition coefficient (Wildman–Crippen LogP) is 1.65. The van der Waals surface area contributed by atoms with Crippen LogP contribution in [0.3, 0.4) is 0 Å². The molecule has 0 saturated heterocycles. The molecule has 2 amide bonds. The van der Waals surface area contributed by atoms with Gasteiger partial charge in [0.25, 0.3) is 5.91 Å². The molecule has 2 N–H and O–H groups in total. The number of nitrogens with zero attached hydrogens (tertiary/aromatic N) is 1. The first-order valence-corrected chi connectivity index (χ1v) is 7.66. The third kappa shape index (κ3) is 2.88. The van der Waals surface area contributed by atoms with Crippen LogP contribution in [0.1, 0.15) is 10.4 Å². The molecule has 2 aromatic heterocycles. The van der Waals surface area contributed by atoms with Crippen molar-refractivity contribution in [3.8, 4) is 0 Å². The average Bonchev–Trinajstić information content (AvgIpc) is 3.12. The fourth-order valence-corrected chi connectivity index (χ4v) is 2.99. The maximum atomic E-state index is 12.2. The smallest absolute Gasteiger partial charge is 0.408 e. The Kier molecular flexibility index (Phi) is 3.98. The molecular formula is C15H13N3O4S. The lowest BCUT2D eigenvalue weighted by Gasteiger charge is -2.06. The summed E-state index contributed by atoms with van der Waals surface area (Å²) in [7, 11) is 1.52. The first-order chi connectivity index (χ1) is 11.1. The molecule has 23 heavy (non-hydrogen) atoms. The summed E-state index contributed by atoms with van der Waals surface area (Å²) in [5.41, 5.74) is 1.35. The van der Waals surface area contributed by atoms with Crippen molar-refractivity contribution in [1.29, 1.82) is 0 Å². The predicted molar refractivity (Wildman–Crippen MR) is 86.8 cm³/mol. The Bertz CT molecular complexity index is 937. The number of rotatable bonds is 4. The highest BCUT2D eigenvalue weighted by Gasteiger charge is 2.16. The molecule has 3 aromatic rings. The van der Waals surface area contributed by atoms with Crippen LogP contribution in [0.4, 0.5) is 5.00 Å². The minimum atomic E-state index is -0.598. The van der Waals surface area contributed by atoms with Gasteiger partial charge in [-0.1, -0.05) is 12.1 Å². The second kappa shape index (κ2) is 6.09. The Morgan fingerprint density at radius 3 is 2.83 bits per heavy atom. The van der Waals surface area contributed by atoms with Gasteiger partial charge in [-0.3, -0.25) is 14.2 Å². The molecule has 0 saturated carbocycles. The number of hydrogen-bond donors (Lipinski definition) is 2. The van der Waals surface area contributed by atoms with Gasteiger partial charge in [0.2, 0.25) is 5.91 Å². The van der Waals surface area contributed by atoms with Crippen LogP contribution in [-0.4, -0.2) is 23.4 Å². The number of thiophene rings is 1. The summed E-state index contributed by atoms with van der Waals surface area (Å²) in [5, 5.41) is 7.31. The van der Waals surface area contributed by atoms with Crippen molar-refractivity contribution in [2.45, 2.75) is 6.54 Å². The topological polar surface area (TPSA) is 93.3 Å². The van der Waals surface area contributed by atoms with Crippen molar-refractivity contribution in [3.05, 3.63) is 51.8 Å². The number of carbonyl (C=O) groups excluding carboxylic acids is 2. The first-order valence-electron chi connectivity index (χ1n) is 6.78. The largest absolute Gasteiger partial charge is 0.420 e. The molecule has 0 atom stereocenters. The van der Waals surface area contributed by atoms with Crippen LogP contribution in [0, 0.1) is 0 Å². The van der Waals surface area contributed by atoms with Gasteiger partial charge in [0, 0.05) is 7.05 Å². The number of para-hydroxylation sites is 2. The summed E-state index contributed by atoms with van der Waals surface area (Å²) in [6.45, 7) is -0.194. The van der Waals surface area contributed by atoms with Crippen LogP contribution in [0.15, 0.2) is 44.9 Å². The normalized spacial score (nSPS) is 10.7. The third-order valence-electron chi connectivity index (χ3n) is 3.27. The SMILES string of the molecule is CNC(=O)c1ccsc1NC(=O)Cn1c(=O)oc2ccccc21. The lowest BCUT2D eigenvalue weighted by atomic mass is 10.3. The summed E-state index contributed by atoms with van der Waals surface area (Å²) in [4.78, 5) is 35.7. The zero-order chi connectivity index (χ0) is 16.4. The van der Waals surface area contributed by atoms with Gasteiger partial charge in [0.05, 0.1) is 11.1 Å². The molecule has 8 heteroatoms. The molecule has 3 rings (SSSR count). The number of aromatic nitrogens is 1. The number of amides is 2. The Morgan fingerprint density at radius 2 is 2.04 bits per heavy atom. The molecule has 0 radical (unpaired) electrons. The standard InChI is InChI=1S/C15H13N3O4S/c1-16-13(20)9-6-7-23-14(9)17-12(19)8-18-10-4-2-3-5-11(10)22-15(18)21/h2-7H,8H2,1H3,(H,16,20)(H,17,19). The van der Waals surface area contributed by atoms with Gasteiger partial charge < -0.3 is 15.1 Å². The second-order valence-corrected chi connectivity index (χ2v) is 5.63. The van der Waals surface area contributed by atoms with Crippen LogP contribution < -0.4 is 16.4 Å². The molecule has 0 aliphatic rings. The van der Waals surface area contributed by atoms with Gasteiger partial charge in [-0.2, -0.15) is 0 Å². The maximum Gasteiger partial charge on any atom is 0.420 e. The van der Waals surface area contributed by atoms with Gasteiger partial charge in [0.15, 0.2) is 5.58 Å². The van der Waals surface area contributed by atoms with Crippen LogP contribution in [0.25, 0.3) is 11.1 Å². The second-order valence-electron chi connectivity index (χ2n) is 4.71. The van der Waals surface area contributed by atoms with Gasteiger partial charge in [-0.05, 0) is 23.6 Å². The number of nitrogens with one attached hydrogen (secondary N) is 2. The monoisotopic (exact) mass is 331 g/mol.